The van der Waals surface area contributed by atoms with Crippen LogP contribution in [0, 0.1) is 0 Å². The van der Waals surface area contributed by atoms with Gasteiger partial charge in [0.15, 0.2) is 0 Å². The predicted molar refractivity (Wildman–Crippen MR) is 47.7 cm³/mol. The molecule has 6 nitrogen and oxygen atoms in total. The van der Waals surface area contributed by atoms with E-state index in [1.807, 2.05) is 0 Å². The first kappa shape index (κ1) is 9.59. The molecule has 1 aromatic heterocycles. The van der Waals surface area contributed by atoms with E-state index in [9.17, 15) is 4.79 Å². The van der Waals surface area contributed by atoms with Gasteiger partial charge in [-0.05, 0) is 18.5 Å². The normalized spacial score (nSPS) is 10.2. The highest BCUT2D eigenvalue weighted by atomic mass is 32.1. The van der Waals surface area contributed by atoms with Crippen molar-refractivity contribution in [2.45, 2.75) is 6.92 Å². The molecule has 1 heterocycles. The Balaban J connectivity index is 2.30. The van der Waals surface area contributed by atoms with Crippen molar-refractivity contribution in [3.05, 3.63) is 11.1 Å². The van der Waals surface area contributed by atoms with Gasteiger partial charge < -0.3 is 4.74 Å². The zero-order valence-electron chi connectivity index (χ0n) is 6.93. The summed E-state index contributed by atoms with van der Waals surface area (Å²) >= 11 is 1.21. The second-order valence-electron chi connectivity index (χ2n) is 1.92. The summed E-state index contributed by atoms with van der Waals surface area (Å²) in [5.74, 6) is 0. The molecule has 1 amide bonds. The van der Waals surface area contributed by atoms with Crippen LogP contribution in [0.1, 0.15) is 12.6 Å². The van der Waals surface area contributed by atoms with Crippen LogP contribution in [0.5, 0.6) is 0 Å². The van der Waals surface area contributed by atoms with E-state index >= 15 is 0 Å². The summed E-state index contributed by atoms with van der Waals surface area (Å²) in [6.45, 7) is 2.03. The topological polar surface area (TPSA) is 76.5 Å². The van der Waals surface area contributed by atoms with Crippen molar-refractivity contribution in [3.8, 4) is 0 Å². The van der Waals surface area contributed by atoms with Gasteiger partial charge in [0.1, 0.15) is 5.69 Å². The molecule has 0 saturated carbocycles. The molecule has 0 saturated heterocycles. The van der Waals surface area contributed by atoms with Crippen molar-refractivity contribution in [3.63, 3.8) is 0 Å². The van der Waals surface area contributed by atoms with Gasteiger partial charge in [0, 0.05) is 5.38 Å². The summed E-state index contributed by atoms with van der Waals surface area (Å²) in [6, 6.07) is 0. The molecular formula is C6H8N4O2S. The lowest BCUT2D eigenvalue weighted by Gasteiger charge is -1.97. The molecule has 70 valence electrons. The molecular weight excluding hydrogens is 192 g/mol. The van der Waals surface area contributed by atoms with Crippen LogP contribution in [0.2, 0.25) is 0 Å². The second kappa shape index (κ2) is 5.20. The smallest absolute Gasteiger partial charge is 0.427 e. The molecule has 0 atom stereocenters. The number of hydrogen-bond acceptors (Lipinski definition) is 6. The average Bonchev–Trinajstić information content (AvgIpc) is 2.57. The van der Waals surface area contributed by atoms with Crippen molar-refractivity contribution in [1.82, 2.24) is 15.0 Å². The van der Waals surface area contributed by atoms with Crippen LogP contribution < -0.4 is 5.43 Å². The fourth-order valence-electron chi connectivity index (χ4n) is 0.543. The fourth-order valence-corrected chi connectivity index (χ4v) is 0.947. The van der Waals surface area contributed by atoms with Gasteiger partial charge in [0.25, 0.3) is 0 Å². The number of rotatable bonds is 3. The van der Waals surface area contributed by atoms with E-state index in [-0.39, 0.29) is 0 Å². The molecule has 0 bridgehead atoms. The summed E-state index contributed by atoms with van der Waals surface area (Å²) in [5, 5.41) is 8.98. The van der Waals surface area contributed by atoms with Gasteiger partial charge in [0.05, 0.1) is 12.8 Å². The third-order valence-corrected chi connectivity index (χ3v) is 1.53. The van der Waals surface area contributed by atoms with Crippen LogP contribution in [0.4, 0.5) is 4.79 Å². The summed E-state index contributed by atoms with van der Waals surface area (Å²) in [4.78, 5) is 10.7. The minimum Gasteiger partial charge on any atom is -0.449 e. The number of hydrogen-bond donors (Lipinski definition) is 1. The van der Waals surface area contributed by atoms with Crippen molar-refractivity contribution in [2.24, 2.45) is 5.10 Å². The maximum absolute atomic E-state index is 10.7. The third-order valence-electron chi connectivity index (χ3n) is 1.00. The second-order valence-corrected chi connectivity index (χ2v) is 2.53. The zero-order chi connectivity index (χ0) is 9.52. The average molecular weight is 200 g/mol. The lowest BCUT2D eigenvalue weighted by Crippen LogP contribution is -2.18. The zero-order valence-corrected chi connectivity index (χ0v) is 7.74. The maximum atomic E-state index is 10.7. The highest BCUT2D eigenvalue weighted by Crippen LogP contribution is 1.91. The molecule has 0 unspecified atom stereocenters. The summed E-state index contributed by atoms with van der Waals surface area (Å²) < 4.78 is 8.18. The number of nitrogens with one attached hydrogen (secondary N) is 1. The van der Waals surface area contributed by atoms with Gasteiger partial charge in [-0.1, -0.05) is 4.49 Å². The number of nitrogens with zero attached hydrogens (tertiary/aromatic N) is 3. The fraction of sp³-hybridized carbons (Fsp3) is 0.333. The quantitative estimate of drug-likeness (QED) is 0.573. The van der Waals surface area contributed by atoms with Gasteiger partial charge in [-0.3, -0.25) is 0 Å². The summed E-state index contributed by atoms with van der Waals surface area (Å²) in [6.07, 6.45) is 0.808. The number of amides is 1. The van der Waals surface area contributed by atoms with E-state index < -0.39 is 6.09 Å². The molecule has 0 aliphatic rings. The molecule has 0 aromatic carbocycles. The first-order valence-corrected chi connectivity index (χ1v) is 4.39. The SMILES string of the molecule is CCOC(=O)NN=Cc1csnn1. The molecule has 0 radical (unpaired) electrons. The van der Waals surface area contributed by atoms with Crippen molar-refractivity contribution in [2.75, 3.05) is 6.61 Å². The Hall–Kier alpha value is -1.50. The van der Waals surface area contributed by atoms with Crippen LogP contribution in [-0.2, 0) is 4.74 Å². The molecule has 1 rings (SSSR count). The highest BCUT2D eigenvalue weighted by molar-refractivity contribution is 7.03. The molecule has 1 N–H and O–H groups in total. The third kappa shape index (κ3) is 3.61. The first-order chi connectivity index (χ1) is 6.33. The largest absolute Gasteiger partial charge is 0.449 e. The monoisotopic (exact) mass is 200 g/mol. The molecule has 0 aliphatic carbocycles. The van der Waals surface area contributed by atoms with Crippen LogP contribution in [0.25, 0.3) is 0 Å². The molecule has 0 aliphatic heterocycles. The number of carbonyl (C=O) groups is 1. The molecule has 0 spiro atoms. The van der Waals surface area contributed by atoms with E-state index in [0.717, 1.165) is 0 Å². The van der Waals surface area contributed by atoms with Crippen molar-refractivity contribution < 1.29 is 9.53 Å². The molecule has 7 heteroatoms. The Labute approximate surface area is 78.8 Å². The van der Waals surface area contributed by atoms with Gasteiger partial charge in [-0.2, -0.15) is 5.10 Å². The molecule has 1 aromatic rings. The molecule has 0 fully saturated rings. The standard InChI is InChI=1S/C6H8N4O2S/c1-2-12-6(11)9-7-3-5-4-13-10-8-5/h3-4H,2H2,1H3,(H,9,11). The number of aromatic nitrogens is 2. The van der Waals surface area contributed by atoms with E-state index in [2.05, 4.69) is 24.9 Å². The maximum Gasteiger partial charge on any atom is 0.427 e. The minimum atomic E-state index is -0.582. The van der Waals surface area contributed by atoms with E-state index in [0.29, 0.717) is 12.3 Å². The number of carbonyl (C=O) groups excluding carboxylic acids is 1. The summed E-state index contributed by atoms with van der Waals surface area (Å²) in [7, 11) is 0. The molecule has 13 heavy (non-hydrogen) atoms. The van der Waals surface area contributed by atoms with Crippen LogP contribution in [0.15, 0.2) is 10.5 Å². The van der Waals surface area contributed by atoms with Gasteiger partial charge in [-0.15, -0.1) is 5.10 Å². The highest BCUT2D eigenvalue weighted by Gasteiger charge is 1.95. The Morgan fingerprint density at radius 1 is 1.92 bits per heavy atom. The van der Waals surface area contributed by atoms with Crippen molar-refractivity contribution in [1.29, 1.82) is 0 Å². The minimum absolute atomic E-state index is 0.319. The van der Waals surface area contributed by atoms with Crippen LogP contribution >= 0.6 is 11.5 Å². The van der Waals surface area contributed by atoms with Crippen molar-refractivity contribution >= 4 is 23.8 Å². The number of ether oxygens (including phenoxy) is 1. The van der Waals surface area contributed by atoms with E-state index in [1.54, 1.807) is 12.3 Å². The lowest BCUT2D eigenvalue weighted by atomic mass is 10.6. The first-order valence-electron chi connectivity index (χ1n) is 3.56. The van der Waals surface area contributed by atoms with Gasteiger partial charge in [0.2, 0.25) is 0 Å². The Morgan fingerprint density at radius 2 is 2.77 bits per heavy atom. The van der Waals surface area contributed by atoms with Crippen LogP contribution in [0.3, 0.4) is 0 Å². The Bertz CT molecular complexity index is 285. The van der Waals surface area contributed by atoms with Gasteiger partial charge in [-0.25, -0.2) is 10.2 Å². The van der Waals surface area contributed by atoms with Gasteiger partial charge >= 0.3 is 6.09 Å². The Morgan fingerprint density at radius 3 is 3.38 bits per heavy atom. The Kier molecular flexibility index (Phi) is 3.83. The van der Waals surface area contributed by atoms with E-state index in [1.165, 1.54) is 17.7 Å². The number of hydrazone groups is 1. The lowest BCUT2D eigenvalue weighted by molar-refractivity contribution is 0.152. The van der Waals surface area contributed by atoms with Crippen LogP contribution in [-0.4, -0.2) is 28.5 Å². The van der Waals surface area contributed by atoms with E-state index in [4.69, 9.17) is 0 Å². The summed E-state index contributed by atoms with van der Waals surface area (Å²) in [5.41, 5.74) is 2.77. The predicted octanol–water partition coefficient (Wildman–Crippen LogP) is 0.618.